The molecule has 0 fully saturated rings. The van der Waals surface area contributed by atoms with Gasteiger partial charge in [0.2, 0.25) is 0 Å². The van der Waals surface area contributed by atoms with Gasteiger partial charge in [0.15, 0.2) is 0 Å². The predicted octanol–water partition coefficient (Wildman–Crippen LogP) is 2.77. The maximum absolute atomic E-state index is 13.8. The molecule has 1 nitrogen and oxygen atoms in total. The number of halogens is 1. The topological polar surface area (TPSA) is 26.0 Å². The molecule has 0 saturated carbocycles. The van der Waals surface area contributed by atoms with Crippen molar-refractivity contribution >= 4 is 0 Å². The largest absolute Gasteiger partial charge is 0.330 e. The number of nitrogens with two attached hydrogens (primary N) is 1. The van der Waals surface area contributed by atoms with Crippen molar-refractivity contribution < 1.29 is 4.39 Å². The second-order valence-corrected chi connectivity index (χ2v) is 4.49. The summed E-state index contributed by atoms with van der Waals surface area (Å²) in [6, 6.07) is 3.75. The molecule has 2 rings (SSSR count). The first-order valence-corrected chi connectivity index (χ1v) is 5.73. The summed E-state index contributed by atoms with van der Waals surface area (Å²) in [5.41, 5.74) is 8.90. The molecule has 0 amide bonds. The van der Waals surface area contributed by atoms with E-state index in [9.17, 15) is 4.39 Å². The zero-order valence-electron chi connectivity index (χ0n) is 9.22. The molecule has 0 bridgehead atoms. The van der Waals surface area contributed by atoms with E-state index >= 15 is 0 Å². The highest BCUT2D eigenvalue weighted by molar-refractivity contribution is 5.36. The number of hydrogen-bond donors (Lipinski definition) is 1. The van der Waals surface area contributed by atoms with Crippen molar-refractivity contribution in [2.75, 3.05) is 6.54 Å². The molecule has 2 heteroatoms. The Balaban J connectivity index is 2.40. The lowest BCUT2D eigenvalue weighted by atomic mass is 9.87. The number of benzene rings is 1. The molecule has 1 aromatic carbocycles. The van der Waals surface area contributed by atoms with Crippen LogP contribution in [0.15, 0.2) is 12.1 Å². The van der Waals surface area contributed by atoms with Crippen molar-refractivity contribution in [2.45, 2.75) is 38.5 Å². The van der Waals surface area contributed by atoms with Crippen LogP contribution in [0.2, 0.25) is 0 Å². The minimum Gasteiger partial charge on any atom is -0.330 e. The van der Waals surface area contributed by atoms with Crippen LogP contribution in [0.25, 0.3) is 0 Å². The van der Waals surface area contributed by atoms with Gasteiger partial charge in [0.05, 0.1) is 0 Å². The Hall–Kier alpha value is -0.890. The average Bonchev–Trinajstić information content (AvgIpc) is 2.27. The summed E-state index contributed by atoms with van der Waals surface area (Å²) in [5.74, 6) is 0.0471. The molecule has 1 aromatic rings. The number of aryl methyl sites for hydroxylation is 2. The summed E-state index contributed by atoms with van der Waals surface area (Å²) in [6.07, 6.45) is 4.55. The highest BCUT2D eigenvalue weighted by atomic mass is 19.1. The van der Waals surface area contributed by atoms with Crippen molar-refractivity contribution in [3.8, 4) is 0 Å². The fraction of sp³-hybridized carbons (Fsp3) is 0.538. The molecule has 82 valence electrons. The lowest BCUT2D eigenvalue weighted by Crippen LogP contribution is -2.13. The van der Waals surface area contributed by atoms with Crippen molar-refractivity contribution in [3.63, 3.8) is 0 Å². The van der Waals surface area contributed by atoms with E-state index in [0.29, 0.717) is 6.54 Å². The highest BCUT2D eigenvalue weighted by Crippen LogP contribution is 2.27. The van der Waals surface area contributed by atoms with E-state index in [1.54, 1.807) is 6.07 Å². The third kappa shape index (κ3) is 2.05. The van der Waals surface area contributed by atoms with Crippen LogP contribution in [0.1, 0.15) is 42.4 Å². The predicted molar refractivity (Wildman–Crippen MR) is 60.5 cm³/mol. The van der Waals surface area contributed by atoms with E-state index in [4.69, 9.17) is 5.73 Å². The molecule has 1 unspecified atom stereocenters. The second-order valence-electron chi connectivity index (χ2n) is 4.49. The molecule has 1 aliphatic carbocycles. The summed E-state index contributed by atoms with van der Waals surface area (Å²) in [4.78, 5) is 0. The van der Waals surface area contributed by atoms with Gasteiger partial charge in [-0.15, -0.1) is 0 Å². The van der Waals surface area contributed by atoms with Gasteiger partial charge in [-0.3, -0.25) is 0 Å². The monoisotopic (exact) mass is 207 g/mol. The summed E-state index contributed by atoms with van der Waals surface area (Å²) in [7, 11) is 0. The fourth-order valence-electron chi connectivity index (χ4n) is 2.28. The zero-order valence-corrected chi connectivity index (χ0v) is 9.22. The van der Waals surface area contributed by atoms with E-state index in [2.05, 4.69) is 0 Å². The second kappa shape index (κ2) is 4.31. The molecule has 0 radical (unpaired) electrons. The van der Waals surface area contributed by atoms with Crippen LogP contribution in [-0.4, -0.2) is 6.54 Å². The minimum absolute atomic E-state index is 0.0754. The van der Waals surface area contributed by atoms with Crippen LogP contribution < -0.4 is 5.73 Å². The Bertz CT molecular complexity index is 360. The molecule has 0 heterocycles. The Morgan fingerprint density at radius 1 is 1.27 bits per heavy atom. The van der Waals surface area contributed by atoms with Gasteiger partial charge >= 0.3 is 0 Å². The first-order valence-electron chi connectivity index (χ1n) is 5.73. The quantitative estimate of drug-likeness (QED) is 0.793. The van der Waals surface area contributed by atoms with Crippen LogP contribution in [0.4, 0.5) is 4.39 Å². The normalized spacial score (nSPS) is 17.3. The van der Waals surface area contributed by atoms with Crippen molar-refractivity contribution in [1.82, 2.24) is 0 Å². The van der Waals surface area contributed by atoms with Gasteiger partial charge in [0.25, 0.3) is 0 Å². The Kier molecular flexibility index (Phi) is 3.06. The van der Waals surface area contributed by atoms with Crippen LogP contribution in [0.5, 0.6) is 0 Å². The third-order valence-electron chi connectivity index (χ3n) is 3.35. The lowest BCUT2D eigenvalue weighted by Gasteiger charge is -2.19. The highest BCUT2D eigenvalue weighted by Gasteiger charge is 2.16. The van der Waals surface area contributed by atoms with Gasteiger partial charge in [-0.2, -0.15) is 0 Å². The molecule has 1 aliphatic rings. The van der Waals surface area contributed by atoms with Gasteiger partial charge in [0, 0.05) is 0 Å². The molecule has 0 aromatic heterocycles. The lowest BCUT2D eigenvalue weighted by molar-refractivity contribution is 0.580. The van der Waals surface area contributed by atoms with Gasteiger partial charge in [-0.25, -0.2) is 4.39 Å². The zero-order chi connectivity index (χ0) is 10.8. The maximum atomic E-state index is 13.8. The van der Waals surface area contributed by atoms with E-state index < -0.39 is 0 Å². The first-order chi connectivity index (χ1) is 7.22. The molecule has 1 atom stereocenters. The first kappa shape index (κ1) is 10.6. The average molecular weight is 207 g/mol. The molecular formula is C13H18FN. The molecule has 15 heavy (non-hydrogen) atoms. The Labute approximate surface area is 90.5 Å². The Morgan fingerprint density at radius 3 is 2.47 bits per heavy atom. The summed E-state index contributed by atoms with van der Waals surface area (Å²) in [6.45, 7) is 2.49. The van der Waals surface area contributed by atoms with E-state index in [1.807, 2.05) is 13.0 Å². The summed E-state index contributed by atoms with van der Waals surface area (Å²) >= 11 is 0. The summed E-state index contributed by atoms with van der Waals surface area (Å²) < 4.78 is 13.8. The van der Waals surface area contributed by atoms with E-state index in [1.165, 1.54) is 24.0 Å². The van der Waals surface area contributed by atoms with Crippen LogP contribution in [-0.2, 0) is 12.8 Å². The van der Waals surface area contributed by atoms with Crippen molar-refractivity contribution in [1.29, 1.82) is 0 Å². The molecule has 0 saturated heterocycles. The smallest absolute Gasteiger partial charge is 0.127 e. The van der Waals surface area contributed by atoms with Gasteiger partial charge < -0.3 is 5.73 Å². The van der Waals surface area contributed by atoms with Gasteiger partial charge in [-0.1, -0.05) is 13.0 Å². The third-order valence-corrected chi connectivity index (χ3v) is 3.35. The fourth-order valence-corrected chi connectivity index (χ4v) is 2.28. The maximum Gasteiger partial charge on any atom is 0.127 e. The van der Waals surface area contributed by atoms with Crippen LogP contribution in [0, 0.1) is 5.82 Å². The standard InChI is InChI=1S/C13H18FN/c1-9(8-15)12-6-10-4-2-3-5-11(10)7-13(12)14/h6-7,9H,2-5,8,15H2,1H3. The molecular weight excluding hydrogens is 189 g/mol. The van der Waals surface area contributed by atoms with Crippen molar-refractivity contribution in [2.24, 2.45) is 5.73 Å². The number of hydrogen-bond acceptors (Lipinski definition) is 1. The Morgan fingerprint density at radius 2 is 1.87 bits per heavy atom. The SMILES string of the molecule is CC(CN)c1cc2c(cc1F)CCCC2. The summed E-state index contributed by atoms with van der Waals surface area (Å²) in [5, 5.41) is 0. The minimum atomic E-state index is -0.0754. The van der Waals surface area contributed by atoms with Crippen molar-refractivity contribution in [3.05, 3.63) is 34.6 Å². The van der Waals surface area contributed by atoms with E-state index in [-0.39, 0.29) is 11.7 Å². The molecule has 2 N–H and O–H groups in total. The van der Waals surface area contributed by atoms with E-state index in [0.717, 1.165) is 18.4 Å². The number of rotatable bonds is 2. The number of fused-ring (bicyclic) bond motifs is 1. The van der Waals surface area contributed by atoms with Gasteiger partial charge in [-0.05, 0) is 60.9 Å². The van der Waals surface area contributed by atoms with Gasteiger partial charge in [0.1, 0.15) is 5.82 Å². The molecule has 0 aliphatic heterocycles. The molecule has 0 spiro atoms. The van der Waals surface area contributed by atoms with Crippen LogP contribution in [0.3, 0.4) is 0 Å². The van der Waals surface area contributed by atoms with Crippen LogP contribution >= 0.6 is 0 Å².